The molecule has 0 amide bonds. The van der Waals surface area contributed by atoms with Gasteiger partial charge >= 0.3 is 11.9 Å². The Morgan fingerprint density at radius 1 is 1.00 bits per heavy atom. The number of ether oxygens (including phenoxy) is 1. The van der Waals surface area contributed by atoms with Crippen molar-refractivity contribution < 1.29 is 19.4 Å². The third-order valence-electron chi connectivity index (χ3n) is 5.80. The summed E-state index contributed by atoms with van der Waals surface area (Å²) in [6.07, 6.45) is 4.76. The molecule has 2 N–H and O–H groups in total. The fourth-order valence-electron chi connectivity index (χ4n) is 4.36. The summed E-state index contributed by atoms with van der Waals surface area (Å²) < 4.78 is 5.60. The zero-order chi connectivity index (χ0) is 20.0. The van der Waals surface area contributed by atoms with E-state index >= 15 is 0 Å². The van der Waals surface area contributed by atoms with Crippen LogP contribution in [0.3, 0.4) is 0 Å². The van der Waals surface area contributed by atoms with Crippen molar-refractivity contribution in [2.45, 2.75) is 18.4 Å². The third kappa shape index (κ3) is 3.05. The van der Waals surface area contributed by atoms with Crippen LogP contribution in [-0.4, -0.2) is 23.1 Å². The summed E-state index contributed by atoms with van der Waals surface area (Å²) in [5, 5.41) is 14.7. The summed E-state index contributed by atoms with van der Waals surface area (Å²) in [6, 6.07) is 18.1. The van der Waals surface area contributed by atoms with Crippen molar-refractivity contribution in [1.82, 2.24) is 0 Å². The maximum absolute atomic E-state index is 12.7. The van der Waals surface area contributed by atoms with Gasteiger partial charge in [-0.2, -0.15) is 0 Å². The normalized spacial score (nSPS) is 21.9. The van der Waals surface area contributed by atoms with Crippen molar-refractivity contribution in [3.63, 3.8) is 0 Å². The summed E-state index contributed by atoms with van der Waals surface area (Å²) >= 11 is 0. The number of hydrogen-bond acceptors (Lipinski definition) is 4. The van der Waals surface area contributed by atoms with Crippen LogP contribution in [0.5, 0.6) is 5.75 Å². The highest BCUT2D eigenvalue weighted by molar-refractivity contribution is 5.93. The van der Waals surface area contributed by atoms with E-state index in [9.17, 15) is 14.7 Å². The molecule has 3 aromatic carbocycles. The number of carboxylic acids is 1. The smallest absolute Gasteiger partial charge is 0.343 e. The maximum Gasteiger partial charge on any atom is 0.343 e. The van der Waals surface area contributed by atoms with Crippen LogP contribution in [0.2, 0.25) is 0 Å². The van der Waals surface area contributed by atoms with Gasteiger partial charge in [-0.05, 0) is 53.1 Å². The monoisotopic (exact) mass is 385 g/mol. The molecule has 0 saturated heterocycles. The molecule has 0 unspecified atom stereocenters. The Balaban J connectivity index is 1.43. The molecule has 0 fully saturated rings. The summed E-state index contributed by atoms with van der Waals surface area (Å²) in [5.74, 6) is -0.849. The van der Waals surface area contributed by atoms with Crippen LogP contribution in [0.1, 0.15) is 28.3 Å². The van der Waals surface area contributed by atoms with Gasteiger partial charge in [-0.3, -0.25) is 0 Å². The number of hydrogen-bond donors (Lipinski definition) is 2. The topological polar surface area (TPSA) is 75.6 Å². The third-order valence-corrected chi connectivity index (χ3v) is 5.80. The number of carbonyl (C=O) groups excluding carboxylic acids is 1. The molecular weight excluding hydrogens is 366 g/mol. The molecule has 0 spiro atoms. The largest absolute Gasteiger partial charge is 0.480 e. The fraction of sp³-hybridized carbons (Fsp3) is 0.167. The second kappa shape index (κ2) is 6.78. The first-order valence-electron chi connectivity index (χ1n) is 9.61. The Kier molecular flexibility index (Phi) is 4.09. The van der Waals surface area contributed by atoms with Crippen LogP contribution in [0.25, 0.3) is 10.8 Å². The van der Waals surface area contributed by atoms with E-state index in [0.29, 0.717) is 17.7 Å². The molecule has 0 bridgehead atoms. The van der Waals surface area contributed by atoms with Gasteiger partial charge in [0.1, 0.15) is 11.8 Å². The zero-order valence-electron chi connectivity index (χ0n) is 15.5. The average molecular weight is 385 g/mol. The number of carboxylic acid groups (broad SMARTS) is 1. The van der Waals surface area contributed by atoms with E-state index in [4.69, 9.17) is 4.74 Å². The summed E-state index contributed by atoms with van der Waals surface area (Å²) in [6.45, 7) is 0. The highest BCUT2D eigenvalue weighted by atomic mass is 16.5. The first-order chi connectivity index (χ1) is 14.1. The highest BCUT2D eigenvalue weighted by Gasteiger charge is 2.40. The second-order valence-corrected chi connectivity index (χ2v) is 7.51. The van der Waals surface area contributed by atoms with E-state index < -0.39 is 18.0 Å². The molecule has 5 nitrogen and oxygen atoms in total. The molecule has 29 heavy (non-hydrogen) atoms. The molecule has 1 aliphatic carbocycles. The molecule has 2 aliphatic rings. The predicted molar refractivity (Wildman–Crippen MR) is 110 cm³/mol. The van der Waals surface area contributed by atoms with Crippen LogP contribution < -0.4 is 10.1 Å². The molecule has 1 aliphatic heterocycles. The molecule has 0 radical (unpaired) electrons. The molecule has 3 atom stereocenters. The van der Waals surface area contributed by atoms with Gasteiger partial charge in [0, 0.05) is 17.5 Å². The Bertz CT molecular complexity index is 1170. The average Bonchev–Trinajstić information content (AvgIpc) is 3.22. The lowest BCUT2D eigenvalue weighted by molar-refractivity contribution is -0.139. The zero-order valence-corrected chi connectivity index (χ0v) is 15.5. The fourth-order valence-corrected chi connectivity index (χ4v) is 4.36. The van der Waals surface area contributed by atoms with Crippen LogP contribution in [0.15, 0.2) is 72.8 Å². The van der Waals surface area contributed by atoms with Crippen LogP contribution in [0, 0.1) is 5.92 Å². The molecule has 0 aromatic heterocycles. The summed E-state index contributed by atoms with van der Waals surface area (Å²) in [4.78, 5) is 24.4. The van der Waals surface area contributed by atoms with Gasteiger partial charge in [-0.1, -0.05) is 42.5 Å². The number of esters is 1. The van der Waals surface area contributed by atoms with Crippen molar-refractivity contribution >= 4 is 28.4 Å². The predicted octanol–water partition coefficient (Wildman–Crippen LogP) is 4.60. The van der Waals surface area contributed by atoms with Crippen molar-refractivity contribution in [1.29, 1.82) is 0 Å². The van der Waals surface area contributed by atoms with Gasteiger partial charge < -0.3 is 15.2 Å². The number of nitrogens with one attached hydrogen (secondary N) is 1. The van der Waals surface area contributed by atoms with Gasteiger partial charge in [0.25, 0.3) is 0 Å². The number of rotatable bonds is 3. The van der Waals surface area contributed by atoms with Crippen molar-refractivity contribution in [3.05, 3.63) is 83.9 Å². The van der Waals surface area contributed by atoms with E-state index in [2.05, 4.69) is 5.32 Å². The Morgan fingerprint density at radius 3 is 2.66 bits per heavy atom. The Hall–Kier alpha value is -3.60. The number of benzene rings is 3. The molecular formula is C24H19NO4. The molecule has 3 aromatic rings. The molecule has 5 rings (SSSR count). The quantitative estimate of drug-likeness (QED) is 0.392. The Morgan fingerprint density at radius 2 is 1.83 bits per heavy atom. The van der Waals surface area contributed by atoms with Crippen molar-refractivity contribution in [2.75, 3.05) is 5.32 Å². The second-order valence-electron chi connectivity index (χ2n) is 7.51. The van der Waals surface area contributed by atoms with E-state index in [1.165, 1.54) is 0 Å². The molecule has 0 saturated carbocycles. The van der Waals surface area contributed by atoms with Crippen molar-refractivity contribution in [2.24, 2.45) is 5.92 Å². The molecule has 5 heteroatoms. The first-order valence-corrected chi connectivity index (χ1v) is 9.61. The molecule has 1 heterocycles. The minimum atomic E-state index is -0.853. The molecule has 144 valence electrons. The number of carbonyl (C=O) groups is 2. The maximum atomic E-state index is 12.7. The van der Waals surface area contributed by atoms with Gasteiger partial charge in [0.15, 0.2) is 0 Å². The van der Waals surface area contributed by atoms with E-state index in [0.717, 1.165) is 22.0 Å². The number of aliphatic carboxylic acids is 1. The number of fused-ring (bicyclic) bond motifs is 4. The minimum absolute atomic E-state index is 0.0132. The highest BCUT2D eigenvalue weighted by Crippen LogP contribution is 2.44. The van der Waals surface area contributed by atoms with Crippen molar-refractivity contribution in [3.8, 4) is 5.75 Å². The van der Waals surface area contributed by atoms with Gasteiger partial charge in [0.2, 0.25) is 0 Å². The van der Waals surface area contributed by atoms with Crippen LogP contribution in [0.4, 0.5) is 5.69 Å². The van der Waals surface area contributed by atoms with E-state index in [1.54, 1.807) is 18.2 Å². The lowest BCUT2D eigenvalue weighted by Gasteiger charge is -2.34. The number of allylic oxidation sites excluding steroid dienone is 2. The van der Waals surface area contributed by atoms with E-state index in [1.807, 2.05) is 54.6 Å². The summed E-state index contributed by atoms with van der Waals surface area (Å²) in [7, 11) is 0. The first kappa shape index (κ1) is 17.5. The van der Waals surface area contributed by atoms with Gasteiger partial charge in [-0.25, -0.2) is 9.59 Å². The minimum Gasteiger partial charge on any atom is -0.480 e. The van der Waals surface area contributed by atoms with Crippen LogP contribution >= 0.6 is 0 Å². The van der Waals surface area contributed by atoms with Gasteiger partial charge in [-0.15, -0.1) is 0 Å². The Labute approximate surface area is 167 Å². The number of anilines is 1. The van der Waals surface area contributed by atoms with Gasteiger partial charge in [0.05, 0.1) is 5.56 Å². The lowest BCUT2D eigenvalue weighted by Crippen LogP contribution is -2.41. The summed E-state index contributed by atoms with van der Waals surface area (Å²) in [5.41, 5.74) is 2.15. The lowest BCUT2D eigenvalue weighted by atomic mass is 9.79. The van der Waals surface area contributed by atoms with E-state index in [-0.39, 0.29) is 11.8 Å². The van der Waals surface area contributed by atoms with Crippen LogP contribution in [-0.2, 0) is 4.79 Å². The standard InChI is InChI=1S/C24H19NO4/c26-23(27)22-19-7-3-6-18(19)20-13-16(9-11-21(20)25-22)24(28)29-17-10-8-14-4-1-2-5-15(14)12-17/h1-6,8-13,18-19,22,25H,7H2,(H,26,27)/t18-,19-,22-/m1/s1. The SMILES string of the molecule is O=C(Oc1ccc2ccccc2c1)c1ccc2c(c1)[C@@H]1C=CC[C@H]1[C@H](C(=O)O)N2.